The first-order chi connectivity index (χ1) is 15.4. The van der Waals surface area contributed by atoms with Crippen LogP contribution in [0.15, 0.2) is 47.4 Å². The van der Waals surface area contributed by atoms with Crippen LogP contribution in [0.5, 0.6) is 0 Å². The number of carbonyl (C=O) groups excluding carboxylic acids is 3. The maximum Gasteiger partial charge on any atom is 0.321 e. The van der Waals surface area contributed by atoms with Crippen LogP contribution in [0.2, 0.25) is 0 Å². The molecule has 0 atom stereocenters. The third-order valence-electron chi connectivity index (χ3n) is 4.26. The number of anilines is 2. The molecule has 0 saturated carbocycles. The van der Waals surface area contributed by atoms with Crippen LogP contribution in [0.1, 0.15) is 17.3 Å². The summed E-state index contributed by atoms with van der Waals surface area (Å²) in [4.78, 5) is 46.7. The highest BCUT2D eigenvalue weighted by molar-refractivity contribution is 7.89. The van der Waals surface area contributed by atoms with Crippen LogP contribution in [0.3, 0.4) is 0 Å². The second-order valence-corrected chi connectivity index (χ2v) is 8.74. The summed E-state index contributed by atoms with van der Waals surface area (Å²) in [6.07, 6.45) is 0. The second kappa shape index (κ2) is 10.7. The number of benzene rings is 2. The molecule has 0 saturated heterocycles. The van der Waals surface area contributed by atoms with Crippen molar-refractivity contribution in [2.45, 2.75) is 11.8 Å². The molecule has 176 valence electrons. The standard InChI is InChI=1S/C20H22N4O8S/c1-13(25)14-5-4-6-15(9-14)22-19(26)12-32-20(27)11-21-33(30,31)16-7-8-17(23(2)3)18(10-16)24(28)29/h4-10,21H,11-12H2,1-3H3,(H,22,26). The molecule has 0 fully saturated rings. The summed E-state index contributed by atoms with van der Waals surface area (Å²) in [5, 5.41) is 13.7. The Hall–Kier alpha value is -3.84. The van der Waals surface area contributed by atoms with E-state index >= 15 is 0 Å². The van der Waals surface area contributed by atoms with E-state index in [1.165, 1.54) is 30.0 Å². The van der Waals surface area contributed by atoms with Crippen LogP contribution >= 0.6 is 0 Å². The zero-order valence-electron chi connectivity index (χ0n) is 18.0. The molecular weight excluding hydrogens is 456 g/mol. The van der Waals surface area contributed by atoms with Gasteiger partial charge in [-0.25, -0.2) is 8.42 Å². The molecule has 0 aliphatic rings. The monoisotopic (exact) mass is 478 g/mol. The maximum atomic E-state index is 12.4. The van der Waals surface area contributed by atoms with E-state index < -0.39 is 50.6 Å². The Labute approximate surface area is 189 Å². The van der Waals surface area contributed by atoms with Crippen molar-refractivity contribution in [3.8, 4) is 0 Å². The molecule has 0 bridgehead atoms. The summed E-state index contributed by atoms with van der Waals surface area (Å²) in [6.45, 7) is -0.106. The Morgan fingerprint density at radius 1 is 1.12 bits per heavy atom. The fourth-order valence-corrected chi connectivity index (χ4v) is 3.63. The highest BCUT2D eigenvalue weighted by Crippen LogP contribution is 2.29. The molecule has 2 N–H and O–H groups in total. The van der Waals surface area contributed by atoms with E-state index in [-0.39, 0.29) is 11.5 Å². The number of rotatable bonds is 10. The van der Waals surface area contributed by atoms with Crippen LogP contribution in [0.25, 0.3) is 0 Å². The van der Waals surface area contributed by atoms with Gasteiger partial charge in [0.05, 0.1) is 9.82 Å². The average Bonchev–Trinajstić information content (AvgIpc) is 2.76. The molecule has 0 aliphatic heterocycles. The Bertz CT molecular complexity index is 1190. The number of amides is 1. The number of nitro groups is 1. The fraction of sp³-hybridized carbons (Fsp3) is 0.250. The lowest BCUT2D eigenvalue weighted by Crippen LogP contribution is -2.32. The molecule has 12 nitrogen and oxygen atoms in total. The van der Waals surface area contributed by atoms with Gasteiger partial charge in [0.1, 0.15) is 12.2 Å². The first-order valence-electron chi connectivity index (χ1n) is 9.42. The van der Waals surface area contributed by atoms with Crippen molar-refractivity contribution in [3.63, 3.8) is 0 Å². The predicted molar refractivity (Wildman–Crippen MR) is 119 cm³/mol. The van der Waals surface area contributed by atoms with Crippen LogP contribution in [0.4, 0.5) is 17.1 Å². The van der Waals surface area contributed by atoms with Gasteiger partial charge in [0.15, 0.2) is 12.4 Å². The number of nitro benzene ring substituents is 1. The minimum atomic E-state index is -4.26. The van der Waals surface area contributed by atoms with Crippen molar-refractivity contribution < 1.29 is 32.5 Å². The van der Waals surface area contributed by atoms with Crippen LogP contribution in [-0.2, 0) is 24.3 Å². The zero-order valence-corrected chi connectivity index (χ0v) is 18.8. The van der Waals surface area contributed by atoms with Gasteiger partial charge >= 0.3 is 5.97 Å². The van der Waals surface area contributed by atoms with Crippen molar-refractivity contribution >= 4 is 44.7 Å². The molecule has 13 heteroatoms. The predicted octanol–water partition coefficient (Wildman–Crippen LogP) is 1.32. The Kier molecular flexibility index (Phi) is 8.21. The molecule has 33 heavy (non-hydrogen) atoms. The highest BCUT2D eigenvalue weighted by atomic mass is 32.2. The molecule has 0 radical (unpaired) electrons. The molecule has 2 aromatic carbocycles. The third kappa shape index (κ3) is 7.08. The van der Waals surface area contributed by atoms with E-state index in [1.807, 2.05) is 4.72 Å². The first-order valence-corrected chi connectivity index (χ1v) is 10.9. The Morgan fingerprint density at radius 2 is 1.82 bits per heavy atom. The number of hydrogen-bond acceptors (Lipinski definition) is 9. The van der Waals surface area contributed by atoms with Gasteiger partial charge in [-0.3, -0.25) is 24.5 Å². The lowest BCUT2D eigenvalue weighted by molar-refractivity contribution is -0.384. The number of nitrogens with zero attached hydrogens (tertiary/aromatic N) is 2. The van der Waals surface area contributed by atoms with Crippen molar-refractivity contribution in [2.24, 2.45) is 0 Å². The summed E-state index contributed by atoms with van der Waals surface area (Å²) < 4.78 is 31.5. The van der Waals surface area contributed by atoms with Crippen LogP contribution in [-0.4, -0.2) is 58.2 Å². The first kappa shape index (κ1) is 25.4. The van der Waals surface area contributed by atoms with Crippen molar-refractivity contribution in [1.29, 1.82) is 0 Å². The van der Waals surface area contributed by atoms with Gasteiger partial charge in [-0.2, -0.15) is 4.72 Å². The average molecular weight is 478 g/mol. The summed E-state index contributed by atoms with van der Waals surface area (Å²) in [7, 11) is -1.12. The molecule has 0 aliphatic carbocycles. The third-order valence-corrected chi connectivity index (χ3v) is 5.66. The van der Waals surface area contributed by atoms with E-state index in [0.29, 0.717) is 11.3 Å². The topological polar surface area (TPSA) is 165 Å². The summed E-state index contributed by atoms with van der Waals surface area (Å²) in [6, 6.07) is 9.47. The van der Waals surface area contributed by atoms with E-state index in [9.17, 15) is 32.9 Å². The molecule has 2 rings (SSSR count). The van der Waals surface area contributed by atoms with E-state index in [4.69, 9.17) is 4.74 Å². The van der Waals surface area contributed by atoms with E-state index in [1.54, 1.807) is 32.3 Å². The number of carbonyl (C=O) groups is 3. The second-order valence-electron chi connectivity index (χ2n) is 6.97. The van der Waals surface area contributed by atoms with Gasteiger partial charge in [-0.15, -0.1) is 0 Å². The summed E-state index contributed by atoms with van der Waals surface area (Å²) in [5.41, 5.74) is 0.499. The van der Waals surface area contributed by atoms with Gasteiger partial charge in [0.2, 0.25) is 10.0 Å². The normalized spacial score (nSPS) is 10.9. The number of Topliss-reactive ketones (excluding diaryl/α,β-unsaturated/α-hetero) is 1. The van der Waals surface area contributed by atoms with Gasteiger partial charge in [-0.1, -0.05) is 12.1 Å². The lowest BCUT2D eigenvalue weighted by atomic mass is 10.1. The van der Waals surface area contributed by atoms with Crippen LogP contribution < -0.4 is 14.9 Å². The summed E-state index contributed by atoms with van der Waals surface area (Å²) in [5.74, 6) is -1.92. The molecule has 2 aromatic rings. The largest absolute Gasteiger partial charge is 0.455 e. The molecule has 0 aromatic heterocycles. The molecular formula is C20H22N4O8S. The lowest BCUT2D eigenvalue weighted by Gasteiger charge is -2.13. The maximum absolute atomic E-state index is 12.4. The highest BCUT2D eigenvalue weighted by Gasteiger charge is 2.23. The number of ketones is 1. The number of esters is 1. The molecule has 0 heterocycles. The SMILES string of the molecule is CC(=O)c1cccc(NC(=O)COC(=O)CNS(=O)(=O)c2ccc(N(C)C)c([N+](=O)[O-])c2)c1. The molecule has 0 unspecified atom stereocenters. The Morgan fingerprint density at radius 3 is 2.42 bits per heavy atom. The van der Waals surface area contributed by atoms with Gasteiger partial charge in [0.25, 0.3) is 11.6 Å². The van der Waals surface area contributed by atoms with Gasteiger partial charge in [-0.05, 0) is 31.2 Å². The number of nitrogens with one attached hydrogen (secondary N) is 2. The van der Waals surface area contributed by atoms with Crippen molar-refractivity contribution in [2.75, 3.05) is 37.5 Å². The quantitative estimate of drug-likeness (QED) is 0.222. The van der Waals surface area contributed by atoms with E-state index in [2.05, 4.69) is 5.32 Å². The molecule has 1 amide bonds. The Balaban J connectivity index is 1.94. The minimum absolute atomic E-state index is 0.188. The zero-order chi connectivity index (χ0) is 24.8. The van der Waals surface area contributed by atoms with Crippen molar-refractivity contribution in [1.82, 2.24) is 4.72 Å². The van der Waals surface area contributed by atoms with Crippen molar-refractivity contribution in [3.05, 3.63) is 58.1 Å². The molecule has 0 spiro atoms. The van der Waals surface area contributed by atoms with E-state index in [0.717, 1.165) is 6.07 Å². The number of ether oxygens (including phenoxy) is 1. The van der Waals surface area contributed by atoms with Gasteiger partial charge < -0.3 is 15.0 Å². The van der Waals surface area contributed by atoms with Crippen LogP contribution in [0, 0.1) is 10.1 Å². The fourth-order valence-electron chi connectivity index (χ4n) is 2.64. The minimum Gasteiger partial charge on any atom is -0.455 e. The number of sulfonamides is 1. The number of hydrogen-bond donors (Lipinski definition) is 2. The summed E-state index contributed by atoms with van der Waals surface area (Å²) >= 11 is 0. The van der Waals surface area contributed by atoms with Gasteiger partial charge in [0, 0.05) is 31.4 Å². The smallest absolute Gasteiger partial charge is 0.321 e.